The molecular weight excluding hydrogens is 863 g/mol. The molecule has 0 unspecified atom stereocenters. The van der Waals surface area contributed by atoms with Crippen LogP contribution < -0.4 is 0 Å². The molecule has 0 bridgehead atoms. The van der Waals surface area contributed by atoms with Crippen molar-refractivity contribution in [2.45, 2.75) is 92.2 Å². The van der Waals surface area contributed by atoms with Gasteiger partial charge in [-0.25, -0.2) is 0 Å². The maximum atomic E-state index is 4.93. The van der Waals surface area contributed by atoms with Crippen LogP contribution in [0.1, 0.15) is 101 Å². The SMILES string of the molecule is CC(C)c1ccccc1-c1c(C(C)C)ccc2[cH-]c(-c3ccccc3)cc12.CC(C)c1ccccc1-c1c(C(C)C)ccc2[cH-]c(-c3ccccc3)cc12.C[Si]C.[Cl][Zr+2][Cl]. The zero-order valence-corrected chi connectivity index (χ0v) is 42.0. The summed E-state index contributed by atoms with van der Waals surface area (Å²) in [6.07, 6.45) is 0. The third kappa shape index (κ3) is 11.4. The third-order valence-electron chi connectivity index (χ3n) is 11.0. The van der Waals surface area contributed by atoms with Crippen LogP contribution in [0.2, 0.25) is 13.1 Å². The molecule has 0 aliphatic carbocycles. The van der Waals surface area contributed by atoms with Gasteiger partial charge in [0.2, 0.25) is 0 Å². The van der Waals surface area contributed by atoms with Gasteiger partial charge in [0.05, 0.1) is 0 Å². The summed E-state index contributed by atoms with van der Waals surface area (Å²) in [6.45, 7) is 22.6. The van der Waals surface area contributed by atoms with Gasteiger partial charge >= 0.3 is 37.9 Å². The second-order valence-electron chi connectivity index (χ2n) is 16.7. The number of hydrogen-bond acceptors (Lipinski definition) is 0. The van der Waals surface area contributed by atoms with Crippen LogP contribution in [0.4, 0.5) is 0 Å². The van der Waals surface area contributed by atoms with Crippen molar-refractivity contribution in [3.63, 3.8) is 0 Å². The Bertz CT molecular complexity index is 2360. The first-order valence-electron chi connectivity index (χ1n) is 21.3. The van der Waals surface area contributed by atoms with Crippen molar-refractivity contribution in [2.75, 3.05) is 0 Å². The topological polar surface area (TPSA) is 0 Å². The van der Waals surface area contributed by atoms with E-state index in [4.69, 9.17) is 17.0 Å². The summed E-state index contributed by atoms with van der Waals surface area (Å²) in [6, 6.07) is 57.9. The summed E-state index contributed by atoms with van der Waals surface area (Å²) in [4.78, 5) is 0. The molecule has 8 aromatic carbocycles. The third-order valence-corrected chi connectivity index (χ3v) is 11.0. The van der Waals surface area contributed by atoms with E-state index in [0.717, 1.165) is 9.52 Å². The minimum absolute atomic E-state index is 0.486. The van der Waals surface area contributed by atoms with E-state index in [1.54, 1.807) is 0 Å². The number of hydrogen-bond donors (Lipinski definition) is 0. The van der Waals surface area contributed by atoms with Crippen molar-refractivity contribution >= 4 is 48.1 Å². The Morgan fingerprint density at radius 2 is 0.717 bits per heavy atom. The Hall–Kier alpha value is -3.78. The number of rotatable bonds is 8. The van der Waals surface area contributed by atoms with E-state index in [1.165, 1.54) is 88.3 Å². The molecule has 0 heterocycles. The van der Waals surface area contributed by atoms with Gasteiger partial charge in [-0.15, -0.1) is 69.1 Å². The Labute approximate surface area is 382 Å². The van der Waals surface area contributed by atoms with Crippen molar-refractivity contribution in [3.8, 4) is 44.5 Å². The van der Waals surface area contributed by atoms with E-state index in [0.29, 0.717) is 23.7 Å². The van der Waals surface area contributed by atoms with Gasteiger partial charge in [0.25, 0.3) is 0 Å². The van der Waals surface area contributed by atoms with Crippen LogP contribution in [-0.2, 0) is 20.8 Å². The van der Waals surface area contributed by atoms with Crippen LogP contribution >= 0.6 is 17.0 Å². The first kappa shape index (κ1) is 47.3. The molecule has 60 heavy (non-hydrogen) atoms. The van der Waals surface area contributed by atoms with Crippen LogP contribution in [-0.4, -0.2) is 9.52 Å². The van der Waals surface area contributed by atoms with Crippen LogP contribution in [0.15, 0.2) is 158 Å². The normalized spacial score (nSPS) is 10.9. The molecule has 0 aromatic heterocycles. The Kier molecular flexibility index (Phi) is 18.0. The zero-order chi connectivity index (χ0) is 43.3. The van der Waals surface area contributed by atoms with Crippen LogP contribution in [0.5, 0.6) is 0 Å². The van der Waals surface area contributed by atoms with Crippen molar-refractivity contribution in [3.05, 3.63) is 180 Å². The van der Waals surface area contributed by atoms with Crippen molar-refractivity contribution in [2.24, 2.45) is 0 Å². The molecule has 0 spiro atoms. The predicted octanol–water partition coefficient (Wildman–Crippen LogP) is 18.4. The Morgan fingerprint density at radius 1 is 0.417 bits per heavy atom. The number of benzene rings is 6. The second kappa shape index (κ2) is 22.9. The van der Waals surface area contributed by atoms with Gasteiger partial charge in [-0.3, -0.25) is 0 Å². The molecule has 8 aromatic rings. The van der Waals surface area contributed by atoms with Gasteiger partial charge in [-0.2, -0.15) is 0 Å². The molecule has 0 amide bonds. The fourth-order valence-electron chi connectivity index (χ4n) is 8.21. The molecule has 0 nitrogen and oxygen atoms in total. The van der Waals surface area contributed by atoms with Gasteiger partial charge in [-0.1, -0.05) is 212 Å². The van der Waals surface area contributed by atoms with Gasteiger partial charge in [0, 0.05) is 9.52 Å². The van der Waals surface area contributed by atoms with Crippen LogP contribution in [0.25, 0.3) is 66.1 Å². The van der Waals surface area contributed by atoms with E-state index in [2.05, 4.69) is 226 Å². The molecule has 0 saturated heterocycles. The maximum absolute atomic E-state index is 4.93. The summed E-state index contributed by atoms with van der Waals surface area (Å²) >= 11 is -0.826. The van der Waals surface area contributed by atoms with E-state index >= 15 is 0 Å². The summed E-state index contributed by atoms with van der Waals surface area (Å²) in [7, 11) is 11.0. The van der Waals surface area contributed by atoms with E-state index < -0.39 is 20.8 Å². The summed E-state index contributed by atoms with van der Waals surface area (Å²) in [5.74, 6) is 1.97. The molecule has 8 rings (SSSR count). The molecule has 0 aliphatic heterocycles. The summed E-state index contributed by atoms with van der Waals surface area (Å²) in [5, 5.41) is 5.39. The Balaban J connectivity index is 0.000000201. The fourth-order valence-corrected chi connectivity index (χ4v) is 8.21. The average molecular weight is 923 g/mol. The quantitative estimate of drug-likeness (QED) is 0.105. The molecular formula is C56H60Cl2SiZr. The molecule has 0 atom stereocenters. The van der Waals surface area contributed by atoms with Crippen molar-refractivity contribution < 1.29 is 20.8 Å². The van der Waals surface area contributed by atoms with Gasteiger partial charge in [0.1, 0.15) is 0 Å². The van der Waals surface area contributed by atoms with E-state index in [1.807, 2.05) is 0 Å². The van der Waals surface area contributed by atoms with Crippen LogP contribution in [0.3, 0.4) is 0 Å². The van der Waals surface area contributed by atoms with Gasteiger partial charge in [-0.05, 0) is 57.1 Å². The molecule has 0 fully saturated rings. The summed E-state index contributed by atoms with van der Waals surface area (Å²) in [5.41, 5.74) is 16.5. The molecule has 4 heteroatoms. The minimum atomic E-state index is -0.826. The number of fused-ring (bicyclic) bond motifs is 2. The zero-order valence-electron chi connectivity index (χ0n) is 37.1. The molecule has 306 valence electrons. The first-order chi connectivity index (χ1) is 28.9. The molecule has 0 saturated carbocycles. The fraction of sp³-hybridized carbons (Fsp3) is 0.250. The first-order valence-corrected chi connectivity index (χ1v) is 29.6. The Morgan fingerprint density at radius 3 is 1.03 bits per heavy atom. The van der Waals surface area contributed by atoms with Crippen LogP contribution in [0, 0.1) is 0 Å². The molecule has 2 radical (unpaired) electrons. The number of halogens is 2. The molecule has 0 aliphatic rings. The average Bonchev–Trinajstić information content (AvgIpc) is 3.90. The predicted molar refractivity (Wildman–Crippen MR) is 266 cm³/mol. The van der Waals surface area contributed by atoms with E-state index in [9.17, 15) is 0 Å². The van der Waals surface area contributed by atoms with Crippen molar-refractivity contribution in [1.29, 1.82) is 0 Å². The standard InChI is InChI=1S/2C27H27.C2H6Si.2ClH.Zr/c2*1-18(2)23-12-8-9-13-25(23)27-24(19(3)4)15-14-21-16-22(17-26(21)27)20-10-6-5-7-11-20;1-3-2;;;/h2*5-19H,1-4H3;1-2H3;2*1H;/q2*-1;;;;+4/p-2. The van der Waals surface area contributed by atoms with Gasteiger partial charge < -0.3 is 0 Å². The van der Waals surface area contributed by atoms with Gasteiger partial charge in [0.15, 0.2) is 0 Å². The second-order valence-corrected chi connectivity index (χ2v) is 21.4. The molecule has 0 N–H and O–H groups in total. The van der Waals surface area contributed by atoms with Crippen molar-refractivity contribution in [1.82, 2.24) is 0 Å². The van der Waals surface area contributed by atoms with E-state index in [-0.39, 0.29) is 0 Å². The summed E-state index contributed by atoms with van der Waals surface area (Å²) < 4.78 is 0. The monoisotopic (exact) mass is 920 g/mol.